The summed E-state index contributed by atoms with van der Waals surface area (Å²) in [5.74, 6) is 0.208. The van der Waals surface area contributed by atoms with Crippen molar-refractivity contribution in [2.45, 2.75) is 25.2 Å². The van der Waals surface area contributed by atoms with Gasteiger partial charge in [0.1, 0.15) is 5.75 Å². The molecule has 168 valence electrons. The number of ether oxygens (including phenoxy) is 2. The molecule has 1 saturated heterocycles. The van der Waals surface area contributed by atoms with E-state index in [-0.39, 0.29) is 30.8 Å². The van der Waals surface area contributed by atoms with Crippen LogP contribution in [-0.2, 0) is 19.7 Å². The lowest BCUT2D eigenvalue weighted by molar-refractivity contribution is -0.152. The van der Waals surface area contributed by atoms with Crippen LogP contribution in [0, 0.1) is 0 Å². The number of carbonyl (C=O) groups excluding carboxylic acids is 2. The first-order valence-corrected chi connectivity index (χ1v) is 10.4. The van der Waals surface area contributed by atoms with Crippen LogP contribution in [0.2, 0.25) is 5.02 Å². The van der Waals surface area contributed by atoms with Gasteiger partial charge in [-0.1, -0.05) is 41.9 Å². The molecule has 0 unspecified atom stereocenters. The van der Waals surface area contributed by atoms with E-state index in [1.54, 1.807) is 25.3 Å². The lowest BCUT2D eigenvalue weighted by Gasteiger charge is -2.40. The van der Waals surface area contributed by atoms with Crippen molar-refractivity contribution < 1.29 is 19.1 Å². The van der Waals surface area contributed by atoms with Crippen LogP contribution in [0.25, 0.3) is 0 Å². The Hall–Kier alpha value is -2.28. The molecule has 1 aliphatic heterocycles. The molecule has 0 atom stereocenters. The molecule has 31 heavy (non-hydrogen) atoms. The van der Waals surface area contributed by atoms with Crippen molar-refractivity contribution in [3.05, 3.63) is 59.1 Å². The summed E-state index contributed by atoms with van der Waals surface area (Å²) in [7, 11) is 1.54. The van der Waals surface area contributed by atoms with Crippen molar-refractivity contribution in [3.63, 3.8) is 0 Å². The van der Waals surface area contributed by atoms with Crippen LogP contribution in [0.5, 0.6) is 5.75 Å². The second-order valence-electron chi connectivity index (χ2n) is 7.34. The normalized spacial score (nSPS) is 15.5. The molecule has 0 saturated carbocycles. The second-order valence-corrected chi connectivity index (χ2v) is 7.77. The van der Waals surface area contributed by atoms with Crippen LogP contribution >= 0.6 is 24.0 Å². The van der Waals surface area contributed by atoms with Crippen molar-refractivity contribution in [1.29, 1.82) is 0 Å². The lowest BCUT2D eigenvalue weighted by Crippen LogP contribution is -2.49. The van der Waals surface area contributed by atoms with Gasteiger partial charge in [-0.15, -0.1) is 12.4 Å². The highest BCUT2D eigenvalue weighted by atomic mass is 35.5. The molecule has 8 heteroatoms. The van der Waals surface area contributed by atoms with Gasteiger partial charge >= 0.3 is 5.97 Å². The third-order valence-electron chi connectivity index (χ3n) is 5.50. The van der Waals surface area contributed by atoms with E-state index in [9.17, 15) is 9.59 Å². The summed E-state index contributed by atoms with van der Waals surface area (Å²) in [6, 6.07) is 14.9. The SMILES string of the molecule is CCOC(=O)C1(c2ccccc2)CCN(CC(=O)Nc2cc(Cl)ccc2OC)CC1.Cl. The molecule has 1 N–H and O–H groups in total. The molecular weight excluding hydrogens is 439 g/mol. The maximum Gasteiger partial charge on any atom is 0.316 e. The van der Waals surface area contributed by atoms with Gasteiger partial charge in [-0.05, 0) is 43.5 Å². The first-order chi connectivity index (χ1) is 14.5. The zero-order chi connectivity index (χ0) is 21.6. The second kappa shape index (κ2) is 11.4. The van der Waals surface area contributed by atoms with E-state index in [1.807, 2.05) is 42.2 Å². The fraction of sp³-hybridized carbons (Fsp3) is 0.391. The minimum Gasteiger partial charge on any atom is -0.495 e. The molecule has 0 radical (unpaired) electrons. The number of hydrogen-bond donors (Lipinski definition) is 1. The first kappa shape index (κ1) is 25.0. The number of rotatable bonds is 7. The van der Waals surface area contributed by atoms with Crippen LogP contribution in [0.1, 0.15) is 25.3 Å². The number of hydrogen-bond acceptors (Lipinski definition) is 5. The molecule has 2 aromatic rings. The number of halogens is 2. The number of amides is 1. The molecule has 1 amide bonds. The van der Waals surface area contributed by atoms with E-state index in [4.69, 9.17) is 21.1 Å². The summed E-state index contributed by atoms with van der Waals surface area (Å²) in [6.07, 6.45) is 1.20. The predicted octanol–water partition coefficient (Wildman–Crippen LogP) is 4.31. The Kier molecular flexibility index (Phi) is 9.16. The Morgan fingerprint density at radius 2 is 1.81 bits per heavy atom. The molecule has 0 bridgehead atoms. The van der Waals surface area contributed by atoms with Crippen molar-refractivity contribution in [2.24, 2.45) is 0 Å². The molecule has 6 nitrogen and oxygen atoms in total. The number of benzene rings is 2. The molecule has 0 spiro atoms. The molecule has 1 aliphatic rings. The maximum atomic E-state index is 12.8. The van der Waals surface area contributed by atoms with E-state index in [2.05, 4.69) is 5.32 Å². The average molecular weight is 467 g/mol. The highest BCUT2D eigenvalue weighted by Gasteiger charge is 2.44. The van der Waals surface area contributed by atoms with Gasteiger partial charge in [-0.2, -0.15) is 0 Å². The van der Waals surface area contributed by atoms with E-state index >= 15 is 0 Å². The summed E-state index contributed by atoms with van der Waals surface area (Å²) in [5.41, 5.74) is 0.842. The monoisotopic (exact) mass is 466 g/mol. The number of carbonyl (C=O) groups is 2. The number of nitrogens with zero attached hydrogens (tertiary/aromatic N) is 1. The molecule has 0 aromatic heterocycles. The Balaban J connectivity index is 0.00000341. The van der Waals surface area contributed by atoms with E-state index < -0.39 is 5.41 Å². The number of nitrogens with one attached hydrogen (secondary N) is 1. The molecule has 1 fully saturated rings. The summed E-state index contributed by atoms with van der Waals surface area (Å²) >= 11 is 6.03. The Morgan fingerprint density at radius 1 is 1.13 bits per heavy atom. The van der Waals surface area contributed by atoms with Crippen LogP contribution in [-0.4, -0.2) is 50.1 Å². The van der Waals surface area contributed by atoms with Crippen LogP contribution < -0.4 is 10.1 Å². The average Bonchev–Trinajstić information content (AvgIpc) is 2.75. The van der Waals surface area contributed by atoms with Crippen LogP contribution in [0.3, 0.4) is 0 Å². The van der Waals surface area contributed by atoms with Crippen molar-refractivity contribution in [3.8, 4) is 5.75 Å². The molecule has 0 aliphatic carbocycles. The molecule has 2 aromatic carbocycles. The van der Waals surface area contributed by atoms with Gasteiger partial charge in [-0.25, -0.2) is 0 Å². The zero-order valence-corrected chi connectivity index (χ0v) is 19.3. The zero-order valence-electron chi connectivity index (χ0n) is 17.7. The number of piperidine rings is 1. The van der Waals surface area contributed by atoms with E-state index in [0.29, 0.717) is 49.0 Å². The van der Waals surface area contributed by atoms with Gasteiger partial charge in [0.05, 0.1) is 31.4 Å². The summed E-state index contributed by atoms with van der Waals surface area (Å²) in [5, 5.41) is 3.38. The molecule has 1 heterocycles. The van der Waals surface area contributed by atoms with E-state index in [1.165, 1.54) is 0 Å². The Bertz CT molecular complexity index is 884. The minimum atomic E-state index is -0.666. The highest BCUT2D eigenvalue weighted by molar-refractivity contribution is 6.31. The van der Waals surface area contributed by atoms with Crippen molar-refractivity contribution >= 4 is 41.6 Å². The van der Waals surface area contributed by atoms with Crippen molar-refractivity contribution in [2.75, 3.05) is 38.7 Å². The third-order valence-corrected chi connectivity index (χ3v) is 5.74. The van der Waals surface area contributed by atoms with Crippen LogP contribution in [0.15, 0.2) is 48.5 Å². The van der Waals surface area contributed by atoms with Gasteiger partial charge < -0.3 is 14.8 Å². The summed E-state index contributed by atoms with van der Waals surface area (Å²) in [4.78, 5) is 27.5. The number of anilines is 1. The molecule has 3 rings (SSSR count). The topological polar surface area (TPSA) is 67.9 Å². The predicted molar refractivity (Wildman–Crippen MR) is 124 cm³/mol. The fourth-order valence-electron chi connectivity index (χ4n) is 3.90. The number of likely N-dealkylation sites (tertiary alicyclic amines) is 1. The van der Waals surface area contributed by atoms with Gasteiger partial charge in [0, 0.05) is 18.1 Å². The summed E-state index contributed by atoms with van der Waals surface area (Å²) < 4.78 is 10.7. The van der Waals surface area contributed by atoms with Gasteiger partial charge in [-0.3, -0.25) is 14.5 Å². The summed E-state index contributed by atoms with van der Waals surface area (Å²) in [6.45, 7) is 3.63. The highest BCUT2D eigenvalue weighted by Crippen LogP contribution is 2.37. The minimum absolute atomic E-state index is 0. The smallest absolute Gasteiger partial charge is 0.316 e. The largest absolute Gasteiger partial charge is 0.495 e. The quantitative estimate of drug-likeness (QED) is 0.615. The first-order valence-electron chi connectivity index (χ1n) is 10.1. The molecular formula is C23H28Cl2N2O4. The standard InChI is InChI=1S/C23H27ClN2O4.ClH/c1-3-30-22(28)23(17-7-5-4-6-8-17)11-13-26(14-12-23)16-21(27)25-19-15-18(24)9-10-20(19)29-2;/h4-10,15H,3,11-14,16H2,1-2H3,(H,25,27);1H. The van der Waals surface area contributed by atoms with Gasteiger partial charge in [0.15, 0.2) is 0 Å². The maximum absolute atomic E-state index is 12.8. The Morgan fingerprint density at radius 3 is 2.42 bits per heavy atom. The number of esters is 1. The van der Waals surface area contributed by atoms with Gasteiger partial charge in [0.25, 0.3) is 0 Å². The Labute approximate surface area is 194 Å². The third kappa shape index (κ3) is 5.91. The fourth-order valence-corrected chi connectivity index (χ4v) is 4.07. The van der Waals surface area contributed by atoms with Gasteiger partial charge in [0.2, 0.25) is 5.91 Å². The van der Waals surface area contributed by atoms with E-state index in [0.717, 1.165) is 5.56 Å². The van der Waals surface area contributed by atoms with Crippen molar-refractivity contribution in [1.82, 2.24) is 4.90 Å². The number of methoxy groups -OCH3 is 1. The lowest BCUT2D eigenvalue weighted by atomic mass is 9.72. The van der Waals surface area contributed by atoms with Crippen LogP contribution in [0.4, 0.5) is 5.69 Å².